The molecule has 1 unspecified atom stereocenters. The van der Waals surface area contributed by atoms with Crippen LogP contribution in [0.1, 0.15) is 33.6 Å². The van der Waals surface area contributed by atoms with Gasteiger partial charge in [-0.3, -0.25) is 9.69 Å². The molecule has 1 heterocycles. The number of amides is 1. The Morgan fingerprint density at radius 1 is 1.29 bits per heavy atom. The Balaban J connectivity index is 2.16. The molecule has 1 amide bonds. The van der Waals surface area contributed by atoms with E-state index in [0.29, 0.717) is 12.6 Å². The Labute approximate surface area is 105 Å². The number of nitrogens with one attached hydrogen (secondary N) is 1. The third-order valence-electron chi connectivity index (χ3n) is 3.65. The zero-order chi connectivity index (χ0) is 12.8. The lowest BCUT2D eigenvalue weighted by atomic mass is 10.3. The molecule has 0 aromatic heterocycles. The van der Waals surface area contributed by atoms with E-state index in [-0.39, 0.29) is 11.9 Å². The molecule has 0 aromatic rings. The van der Waals surface area contributed by atoms with Crippen LogP contribution in [0.2, 0.25) is 0 Å². The maximum Gasteiger partial charge on any atom is 0.236 e. The highest BCUT2D eigenvalue weighted by Crippen LogP contribution is 2.10. The molecule has 4 nitrogen and oxygen atoms in total. The lowest BCUT2D eigenvalue weighted by molar-refractivity contribution is -0.130. The second kappa shape index (κ2) is 6.97. The van der Waals surface area contributed by atoms with Gasteiger partial charge in [-0.1, -0.05) is 0 Å². The summed E-state index contributed by atoms with van der Waals surface area (Å²) in [5.41, 5.74) is 0. The Morgan fingerprint density at radius 3 is 2.41 bits per heavy atom. The van der Waals surface area contributed by atoms with Crippen LogP contribution in [0.15, 0.2) is 0 Å². The summed E-state index contributed by atoms with van der Waals surface area (Å²) in [6.07, 6.45) is 2.64. The summed E-state index contributed by atoms with van der Waals surface area (Å²) in [4.78, 5) is 16.0. The predicted molar refractivity (Wildman–Crippen MR) is 71.0 cm³/mol. The van der Waals surface area contributed by atoms with Crippen LogP contribution in [0, 0.1) is 0 Å². The number of carbonyl (C=O) groups excluding carboxylic acids is 1. The van der Waals surface area contributed by atoms with Crippen LogP contribution < -0.4 is 5.32 Å². The van der Waals surface area contributed by atoms with Crippen LogP contribution in [0.3, 0.4) is 0 Å². The van der Waals surface area contributed by atoms with Gasteiger partial charge in [-0.2, -0.15) is 0 Å². The maximum absolute atomic E-state index is 11.7. The molecule has 0 bridgehead atoms. The van der Waals surface area contributed by atoms with Crippen molar-refractivity contribution >= 4 is 5.91 Å². The molecule has 1 fully saturated rings. The summed E-state index contributed by atoms with van der Waals surface area (Å²) >= 11 is 0. The Morgan fingerprint density at radius 2 is 1.88 bits per heavy atom. The number of hydrogen-bond acceptors (Lipinski definition) is 3. The van der Waals surface area contributed by atoms with Gasteiger partial charge in [0.15, 0.2) is 0 Å². The van der Waals surface area contributed by atoms with Crippen LogP contribution >= 0.6 is 0 Å². The predicted octanol–water partition coefficient (Wildman–Crippen LogP) is 0.927. The van der Waals surface area contributed by atoms with Gasteiger partial charge in [0.2, 0.25) is 5.91 Å². The zero-order valence-electron chi connectivity index (χ0n) is 11.7. The van der Waals surface area contributed by atoms with Crippen molar-refractivity contribution in [3.8, 4) is 0 Å². The minimum absolute atomic E-state index is 0.175. The van der Waals surface area contributed by atoms with Crippen molar-refractivity contribution < 1.29 is 4.79 Å². The normalized spacial score (nSPS) is 18.6. The van der Waals surface area contributed by atoms with Crippen LogP contribution in [0.25, 0.3) is 0 Å². The zero-order valence-corrected chi connectivity index (χ0v) is 11.7. The highest BCUT2D eigenvalue weighted by Gasteiger charge is 2.18. The van der Waals surface area contributed by atoms with Crippen LogP contribution in [-0.2, 0) is 4.79 Å². The third-order valence-corrected chi connectivity index (χ3v) is 3.65. The molecule has 1 atom stereocenters. The van der Waals surface area contributed by atoms with Crippen molar-refractivity contribution in [2.75, 3.05) is 33.2 Å². The lowest BCUT2D eigenvalue weighted by Gasteiger charge is -2.25. The minimum atomic E-state index is 0.175. The molecular weight excluding hydrogens is 214 g/mol. The van der Waals surface area contributed by atoms with Crippen LogP contribution in [-0.4, -0.2) is 61.0 Å². The van der Waals surface area contributed by atoms with Gasteiger partial charge >= 0.3 is 0 Å². The van der Waals surface area contributed by atoms with E-state index in [0.717, 1.165) is 6.54 Å². The van der Waals surface area contributed by atoms with Gasteiger partial charge in [-0.15, -0.1) is 0 Å². The number of hydrogen-bond donors (Lipinski definition) is 1. The van der Waals surface area contributed by atoms with Crippen molar-refractivity contribution in [1.29, 1.82) is 0 Å². The summed E-state index contributed by atoms with van der Waals surface area (Å²) in [5.74, 6) is 0.175. The molecule has 1 aliphatic heterocycles. The number of carbonyl (C=O) groups is 1. The van der Waals surface area contributed by atoms with E-state index >= 15 is 0 Å². The maximum atomic E-state index is 11.7. The monoisotopic (exact) mass is 241 g/mol. The number of rotatable bonds is 6. The molecule has 0 saturated carbocycles. The second-order valence-electron chi connectivity index (χ2n) is 5.32. The van der Waals surface area contributed by atoms with E-state index in [1.807, 2.05) is 20.9 Å². The van der Waals surface area contributed by atoms with Crippen molar-refractivity contribution in [2.24, 2.45) is 0 Å². The molecule has 4 heteroatoms. The molecule has 0 spiro atoms. The number of likely N-dealkylation sites (tertiary alicyclic amines) is 1. The third kappa shape index (κ3) is 4.64. The summed E-state index contributed by atoms with van der Waals surface area (Å²) in [6.45, 7) is 10.1. The molecule has 0 aromatic carbocycles. The molecule has 1 aliphatic rings. The Kier molecular flexibility index (Phi) is 5.92. The Bertz CT molecular complexity index is 237. The highest BCUT2D eigenvalue weighted by atomic mass is 16.2. The molecule has 100 valence electrons. The smallest absolute Gasteiger partial charge is 0.236 e. The van der Waals surface area contributed by atoms with Crippen LogP contribution in [0.4, 0.5) is 0 Å². The standard InChI is InChI=1S/C13H27N3O/c1-11(2)15(4)13(17)10-14-9-12(3)16-7-5-6-8-16/h11-12,14H,5-10H2,1-4H3. The molecular formula is C13H27N3O. The summed E-state index contributed by atoms with van der Waals surface area (Å²) in [7, 11) is 1.86. The fourth-order valence-electron chi connectivity index (χ4n) is 2.11. The minimum Gasteiger partial charge on any atom is -0.342 e. The first-order valence-electron chi connectivity index (χ1n) is 6.72. The molecule has 1 rings (SSSR count). The van der Waals surface area contributed by atoms with Crippen molar-refractivity contribution in [3.63, 3.8) is 0 Å². The molecule has 0 aliphatic carbocycles. The fourth-order valence-corrected chi connectivity index (χ4v) is 2.11. The summed E-state index contributed by atoms with van der Waals surface area (Å²) in [6, 6.07) is 0.815. The van der Waals surface area contributed by atoms with Crippen molar-refractivity contribution in [1.82, 2.24) is 15.1 Å². The van der Waals surface area contributed by atoms with E-state index < -0.39 is 0 Å². The topological polar surface area (TPSA) is 35.6 Å². The van der Waals surface area contributed by atoms with Gasteiger partial charge in [-0.25, -0.2) is 0 Å². The van der Waals surface area contributed by atoms with Crippen LogP contribution in [0.5, 0.6) is 0 Å². The van der Waals surface area contributed by atoms with E-state index in [1.165, 1.54) is 25.9 Å². The molecule has 1 N–H and O–H groups in total. The average Bonchev–Trinajstić information content (AvgIpc) is 2.80. The lowest BCUT2D eigenvalue weighted by Crippen LogP contribution is -2.44. The van der Waals surface area contributed by atoms with Gasteiger partial charge in [0.1, 0.15) is 0 Å². The second-order valence-corrected chi connectivity index (χ2v) is 5.32. The van der Waals surface area contributed by atoms with E-state index in [2.05, 4.69) is 17.1 Å². The van der Waals surface area contributed by atoms with Gasteiger partial charge in [0.25, 0.3) is 0 Å². The van der Waals surface area contributed by atoms with E-state index in [9.17, 15) is 4.79 Å². The van der Waals surface area contributed by atoms with Crippen molar-refractivity contribution in [2.45, 2.75) is 45.7 Å². The Hall–Kier alpha value is -0.610. The molecule has 17 heavy (non-hydrogen) atoms. The fraction of sp³-hybridized carbons (Fsp3) is 0.923. The first kappa shape index (κ1) is 14.5. The molecule has 1 saturated heterocycles. The van der Waals surface area contributed by atoms with Gasteiger partial charge in [0.05, 0.1) is 6.54 Å². The van der Waals surface area contributed by atoms with Gasteiger partial charge in [-0.05, 0) is 46.7 Å². The first-order valence-corrected chi connectivity index (χ1v) is 6.72. The number of likely N-dealkylation sites (N-methyl/N-ethyl adjacent to an activating group) is 1. The highest BCUT2D eigenvalue weighted by molar-refractivity contribution is 5.78. The summed E-state index contributed by atoms with van der Waals surface area (Å²) in [5, 5.41) is 3.26. The quantitative estimate of drug-likeness (QED) is 0.751. The van der Waals surface area contributed by atoms with E-state index in [4.69, 9.17) is 0 Å². The average molecular weight is 241 g/mol. The van der Waals surface area contributed by atoms with E-state index in [1.54, 1.807) is 4.90 Å². The van der Waals surface area contributed by atoms with Crippen molar-refractivity contribution in [3.05, 3.63) is 0 Å². The largest absolute Gasteiger partial charge is 0.342 e. The van der Waals surface area contributed by atoms with Gasteiger partial charge < -0.3 is 10.2 Å². The number of nitrogens with zero attached hydrogens (tertiary/aromatic N) is 2. The van der Waals surface area contributed by atoms with Gasteiger partial charge in [0, 0.05) is 25.7 Å². The molecule has 0 radical (unpaired) electrons. The first-order chi connectivity index (χ1) is 8.02. The SMILES string of the molecule is CC(CNCC(=O)N(C)C(C)C)N1CCCC1. The summed E-state index contributed by atoms with van der Waals surface area (Å²) < 4.78 is 0.